The highest BCUT2D eigenvalue weighted by atomic mass is 16.5. The van der Waals surface area contributed by atoms with Crippen molar-refractivity contribution in [2.45, 2.75) is 57.3 Å². The van der Waals surface area contributed by atoms with Crippen molar-refractivity contribution in [2.75, 3.05) is 73.1 Å². The van der Waals surface area contributed by atoms with E-state index in [1.165, 1.54) is 12.8 Å². The Bertz CT molecular complexity index is 475. The Hall–Kier alpha value is -0.890. The summed E-state index contributed by atoms with van der Waals surface area (Å²) in [6.07, 6.45) is 6.46. The second-order valence-electron chi connectivity index (χ2n) is 8.60. The highest BCUT2D eigenvalue weighted by molar-refractivity contribution is 5.80. The van der Waals surface area contributed by atoms with Crippen LogP contribution in [-0.4, -0.2) is 112 Å². The first kappa shape index (κ1) is 21.8. The van der Waals surface area contributed by atoms with E-state index in [4.69, 9.17) is 14.5 Å². The van der Waals surface area contributed by atoms with E-state index in [2.05, 4.69) is 41.0 Å². The number of piperidine rings is 1. The summed E-state index contributed by atoms with van der Waals surface area (Å²) in [6.45, 7) is 11.0. The van der Waals surface area contributed by atoms with Gasteiger partial charge in [0.05, 0.1) is 25.4 Å². The van der Waals surface area contributed by atoms with Gasteiger partial charge in [0.25, 0.3) is 0 Å². The van der Waals surface area contributed by atoms with Crippen molar-refractivity contribution < 1.29 is 9.47 Å². The number of hydrogen-bond acceptors (Lipinski definition) is 5. The van der Waals surface area contributed by atoms with Gasteiger partial charge in [-0.05, 0) is 53.1 Å². The average molecular weight is 396 g/mol. The van der Waals surface area contributed by atoms with Crippen LogP contribution in [0.2, 0.25) is 0 Å². The molecule has 0 spiro atoms. The summed E-state index contributed by atoms with van der Waals surface area (Å²) in [5.74, 6) is 1.07. The third-order valence-corrected chi connectivity index (χ3v) is 6.30. The van der Waals surface area contributed by atoms with E-state index in [0.29, 0.717) is 18.2 Å². The Morgan fingerprint density at radius 1 is 1.11 bits per heavy atom. The van der Waals surface area contributed by atoms with Crippen LogP contribution >= 0.6 is 0 Å². The second-order valence-corrected chi connectivity index (χ2v) is 8.60. The topological polar surface area (TPSA) is 52.6 Å². The van der Waals surface area contributed by atoms with Crippen LogP contribution in [0.5, 0.6) is 0 Å². The average Bonchev–Trinajstić information content (AvgIpc) is 2.73. The number of rotatable bonds is 6. The van der Waals surface area contributed by atoms with Crippen LogP contribution in [0, 0.1) is 0 Å². The molecule has 3 aliphatic rings. The highest BCUT2D eigenvalue weighted by Crippen LogP contribution is 2.18. The van der Waals surface area contributed by atoms with Gasteiger partial charge < -0.3 is 24.6 Å². The quantitative estimate of drug-likeness (QED) is 0.540. The molecule has 3 saturated heterocycles. The van der Waals surface area contributed by atoms with Crippen molar-refractivity contribution in [3.63, 3.8) is 0 Å². The number of piperazine rings is 1. The van der Waals surface area contributed by atoms with Crippen molar-refractivity contribution in [2.24, 2.45) is 4.99 Å². The zero-order valence-corrected chi connectivity index (χ0v) is 18.2. The fraction of sp³-hybridized carbons (Fsp3) is 0.952. The van der Waals surface area contributed by atoms with Gasteiger partial charge in [-0.15, -0.1) is 0 Å². The largest absolute Gasteiger partial charge is 0.376 e. The lowest BCUT2D eigenvalue weighted by molar-refractivity contribution is -0.0721. The smallest absolute Gasteiger partial charge is 0.193 e. The Labute approximate surface area is 171 Å². The van der Waals surface area contributed by atoms with E-state index in [0.717, 1.165) is 84.2 Å². The minimum Gasteiger partial charge on any atom is -0.376 e. The third-order valence-electron chi connectivity index (χ3n) is 6.30. The van der Waals surface area contributed by atoms with Gasteiger partial charge in [-0.2, -0.15) is 0 Å². The van der Waals surface area contributed by atoms with E-state index in [9.17, 15) is 0 Å². The summed E-state index contributed by atoms with van der Waals surface area (Å²) in [7, 11) is 4.43. The predicted molar refractivity (Wildman–Crippen MR) is 114 cm³/mol. The van der Waals surface area contributed by atoms with E-state index >= 15 is 0 Å². The number of aliphatic imine (C=N–C) groups is 1. The number of nitrogens with zero attached hydrogens (tertiary/aromatic N) is 4. The molecular weight excluding hydrogens is 354 g/mol. The molecule has 0 saturated carbocycles. The molecule has 1 N–H and O–H groups in total. The van der Waals surface area contributed by atoms with Gasteiger partial charge in [-0.1, -0.05) is 0 Å². The molecule has 3 aliphatic heterocycles. The van der Waals surface area contributed by atoms with E-state index in [1.54, 1.807) is 0 Å². The van der Waals surface area contributed by atoms with Gasteiger partial charge in [0.1, 0.15) is 0 Å². The maximum absolute atomic E-state index is 6.17. The molecule has 0 amide bonds. The molecular formula is C21H41N5O2. The summed E-state index contributed by atoms with van der Waals surface area (Å²) >= 11 is 0. The van der Waals surface area contributed by atoms with Gasteiger partial charge in [-0.3, -0.25) is 9.89 Å². The molecule has 7 nitrogen and oxygen atoms in total. The molecule has 0 aromatic rings. The van der Waals surface area contributed by atoms with Crippen molar-refractivity contribution >= 4 is 5.96 Å². The molecule has 3 heterocycles. The number of hydrogen-bond donors (Lipinski definition) is 1. The van der Waals surface area contributed by atoms with Crippen molar-refractivity contribution in [3.05, 3.63) is 0 Å². The summed E-state index contributed by atoms with van der Waals surface area (Å²) < 4.78 is 12.0. The van der Waals surface area contributed by atoms with Crippen LogP contribution < -0.4 is 5.32 Å². The molecule has 162 valence electrons. The maximum atomic E-state index is 6.17. The van der Waals surface area contributed by atoms with Crippen LogP contribution in [0.3, 0.4) is 0 Å². The van der Waals surface area contributed by atoms with Crippen LogP contribution in [-0.2, 0) is 9.47 Å². The summed E-state index contributed by atoms with van der Waals surface area (Å²) in [5.41, 5.74) is 0. The number of guanidine groups is 1. The molecule has 2 unspecified atom stereocenters. The lowest BCUT2D eigenvalue weighted by Crippen LogP contribution is -2.52. The summed E-state index contributed by atoms with van der Waals surface area (Å²) in [5, 5.41) is 3.50. The second kappa shape index (κ2) is 11.3. The number of ether oxygens (including phenoxy) is 2. The molecule has 0 bridgehead atoms. The number of likely N-dealkylation sites (tertiary alicyclic amines) is 1. The van der Waals surface area contributed by atoms with E-state index < -0.39 is 0 Å². The number of nitrogens with one attached hydrogen (secondary N) is 1. The Morgan fingerprint density at radius 3 is 2.64 bits per heavy atom. The lowest BCUT2D eigenvalue weighted by Gasteiger charge is -2.38. The lowest BCUT2D eigenvalue weighted by atomic mass is 10.1. The van der Waals surface area contributed by atoms with Gasteiger partial charge in [0.2, 0.25) is 0 Å². The maximum Gasteiger partial charge on any atom is 0.193 e. The highest BCUT2D eigenvalue weighted by Gasteiger charge is 2.25. The van der Waals surface area contributed by atoms with E-state index in [1.807, 2.05) is 0 Å². The first-order valence-corrected chi connectivity index (χ1v) is 11.3. The SMILES string of the molecule is CCNC(=NCC1CN(C)CCN1C)N1CCC(OCC2CCCCO2)CC1. The molecule has 7 heteroatoms. The minimum atomic E-state index is 0.316. The summed E-state index contributed by atoms with van der Waals surface area (Å²) in [4.78, 5) is 12.3. The van der Waals surface area contributed by atoms with Crippen LogP contribution in [0.15, 0.2) is 4.99 Å². The predicted octanol–water partition coefficient (Wildman–Crippen LogP) is 1.25. The zero-order valence-electron chi connectivity index (χ0n) is 18.2. The fourth-order valence-electron chi connectivity index (χ4n) is 4.33. The van der Waals surface area contributed by atoms with Crippen LogP contribution in [0.1, 0.15) is 39.0 Å². The summed E-state index contributed by atoms with van der Waals surface area (Å²) in [6, 6.07) is 0.503. The Morgan fingerprint density at radius 2 is 1.93 bits per heavy atom. The zero-order chi connectivity index (χ0) is 19.8. The molecule has 3 fully saturated rings. The van der Waals surface area contributed by atoms with Crippen molar-refractivity contribution in [1.82, 2.24) is 20.0 Å². The molecule has 0 aliphatic carbocycles. The normalized spacial score (nSPS) is 29.2. The van der Waals surface area contributed by atoms with Crippen molar-refractivity contribution in [1.29, 1.82) is 0 Å². The first-order valence-electron chi connectivity index (χ1n) is 11.3. The Kier molecular flexibility index (Phi) is 8.83. The number of likely N-dealkylation sites (N-methyl/N-ethyl adjacent to an activating group) is 2. The molecule has 0 aromatic heterocycles. The minimum absolute atomic E-state index is 0.316. The van der Waals surface area contributed by atoms with Crippen LogP contribution in [0.4, 0.5) is 0 Å². The van der Waals surface area contributed by atoms with Gasteiger partial charge >= 0.3 is 0 Å². The fourth-order valence-corrected chi connectivity index (χ4v) is 4.33. The van der Waals surface area contributed by atoms with Crippen molar-refractivity contribution in [3.8, 4) is 0 Å². The van der Waals surface area contributed by atoms with Gasteiger partial charge in [-0.25, -0.2) is 0 Å². The van der Waals surface area contributed by atoms with Gasteiger partial charge in [0.15, 0.2) is 5.96 Å². The molecule has 3 rings (SSSR count). The molecule has 28 heavy (non-hydrogen) atoms. The monoisotopic (exact) mass is 395 g/mol. The van der Waals surface area contributed by atoms with E-state index in [-0.39, 0.29) is 0 Å². The molecule has 0 aromatic carbocycles. The first-order chi connectivity index (χ1) is 13.7. The Balaban J connectivity index is 1.44. The van der Waals surface area contributed by atoms with Gasteiger partial charge in [0, 0.05) is 51.9 Å². The molecule has 0 radical (unpaired) electrons. The molecule has 2 atom stereocenters. The standard InChI is InChI=1S/C21H41N5O2/c1-4-22-21(23-15-18-16-24(2)12-13-25(18)3)26-10-8-19(9-11-26)28-17-20-7-5-6-14-27-20/h18-20H,4-17H2,1-3H3,(H,22,23). The third kappa shape index (κ3) is 6.58. The van der Waals surface area contributed by atoms with Crippen LogP contribution in [0.25, 0.3) is 0 Å².